The van der Waals surface area contributed by atoms with Gasteiger partial charge in [-0.25, -0.2) is 0 Å². The molecule has 2 nitrogen and oxygen atoms in total. The van der Waals surface area contributed by atoms with Crippen molar-refractivity contribution in [2.45, 2.75) is 13.2 Å². The lowest BCUT2D eigenvalue weighted by Crippen LogP contribution is -2.06. The third kappa shape index (κ3) is 4.51. The zero-order valence-corrected chi connectivity index (χ0v) is 27.9. The molecule has 0 radical (unpaired) electrons. The highest BCUT2D eigenvalue weighted by Crippen LogP contribution is 2.48. The highest BCUT2D eigenvalue weighted by Gasteiger charge is 2.23. The molecule has 46 heavy (non-hydrogen) atoms. The Morgan fingerprint density at radius 1 is 0.370 bits per heavy atom. The van der Waals surface area contributed by atoms with Gasteiger partial charge < -0.3 is 9.47 Å². The van der Waals surface area contributed by atoms with Crippen molar-refractivity contribution >= 4 is 74.9 Å². The van der Waals surface area contributed by atoms with Gasteiger partial charge in [-0.2, -0.15) is 0 Å². The minimum Gasteiger partial charge on any atom is -0.488 e. The Morgan fingerprint density at radius 2 is 0.783 bits per heavy atom. The van der Waals surface area contributed by atoms with Gasteiger partial charge in [-0.05, 0) is 102 Å². The van der Waals surface area contributed by atoms with Gasteiger partial charge in [0.15, 0.2) is 0 Å². The molecule has 0 saturated carbocycles. The Labute approximate surface area is 283 Å². The first kappa shape index (κ1) is 27.7. The topological polar surface area (TPSA) is 18.5 Å². The van der Waals surface area contributed by atoms with Crippen molar-refractivity contribution in [2.24, 2.45) is 0 Å². The number of hydrogen-bond acceptors (Lipinski definition) is 2. The summed E-state index contributed by atoms with van der Waals surface area (Å²) in [6.07, 6.45) is 0. The largest absolute Gasteiger partial charge is 0.488 e. The average Bonchev–Trinajstić information content (AvgIpc) is 3.08. The maximum absolute atomic E-state index is 6.95. The summed E-state index contributed by atoms with van der Waals surface area (Å²) in [5, 5.41) is 9.31. The van der Waals surface area contributed by atoms with E-state index in [2.05, 4.69) is 165 Å². The van der Waals surface area contributed by atoms with E-state index in [0.29, 0.717) is 13.2 Å². The Bertz CT molecular complexity index is 2340. The van der Waals surface area contributed by atoms with Crippen LogP contribution in [0.15, 0.2) is 142 Å². The van der Waals surface area contributed by atoms with E-state index in [0.717, 1.165) is 64.2 Å². The van der Waals surface area contributed by atoms with Crippen LogP contribution in [0, 0.1) is 0 Å². The average molecular weight is 722 g/mol. The highest BCUT2D eigenvalue weighted by molar-refractivity contribution is 9.10. The maximum Gasteiger partial charge on any atom is 0.128 e. The Balaban J connectivity index is 1.38. The standard InChI is InChI=1S/C42H26Br2O2/c43-31-15-17-35-27(21-31)13-19-37-41(35)42-36-18-16-32(44)22-28(36)14-20-38(42)46-24-30-12-10-26-6-2-4-8-34(26)40(30)39-29(23-45-37)11-9-25-5-1-3-7-33(25)39/h1-22H,23-24H2. The minimum atomic E-state index is 0.421. The highest BCUT2D eigenvalue weighted by atomic mass is 79.9. The monoisotopic (exact) mass is 720 g/mol. The van der Waals surface area contributed by atoms with Gasteiger partial charge in [-0.15, -0.1) is 0 Å². The minimum absolute atomic E-state index is 0.421. The zero-order chi connectivity index (χ0) is 30.8. The first-order valence-corrected chi connectivity index (χ1v) is 16.9. The summed E-state index contributed by atoms with van der Waals surface area (Å²) in [5.74, 6) is 1.65. The number of ether oxygens (including phenoxy) is 2. The molecule has 0 spiro atoms. The number of benzene rings is 8. The number of fused-ring (bicyclic) bond motifs is 14. The summed E-state index contributed by atoms with van der Waals surface area (Å²) in [6, 6.07) is 47.6. The fourth-order valence-electron chi connectivity index (χ4n) is 7.09. The predicted octanol–water partition coefficient (Wildman–Crippen LogP) is 12.6. The van der Waals surface area contributed by atoms with Crippen LogP contribution >= 0.6 is 31.9 Å². The van der Waals surface area contributed by atoms with Gasteiger partial charge in [0.2, 0.25) is 0 Å². The Hall–Kier alpha value is -4.64. The summed E-state index contributed by atoms with van der Waals surface area (Å²) in [7, 11) is 0. The van der Waals surface area contributed by atoms with Crippen molar-refractivity contribution in [1.82, 2.24) is 0 Å². The van der Waals surface area contributed by atoms with Crippen LogP contribution in [0.25, 0.3) is 65.3 Å². The lowest BCUT2D eigenvalue weighted by molar-refractivity contribution is 0.302. The number of halogens is 2. The van der Waals surface area contributed by atoms with Gasteiger partial charge in [-0.1, -0.05) is 129 Å². The predicted molar refractivity (Wildman–Crippen MR) is 198 cm³/mol. The van der Waals surface area contributed by atoms with Crippen LogP contribution in [0.5, 0.6) is 11.5 Å². The SMILES string of the molecule is Brc1ccc2c3c(ccc2c1)OCc1ccc2ccccc2c1-c1c(ccc2ccccc12)COc1ccc2cc(Br)ccc2c1-3. The molecule has 0 bridgehead atoms. The normalized spacial score (nSPS) is 12.7. The molecule has 8 aromatic carbocycles. The summed E-state index contributed by atoms with van der Waals surface area (Å²) in [6.45, 7) is 0.842. The first-order valence-electron chi connectivity index (χ1n) is 15.3. The fraction of sp³-hybridized carbons (Fsp3) is 0.0476. The Kier molecular flexibility index (Phi) is 6.62. The van der Waals surface area contributed by atoms with Gasteiger partial charge >= 0.3 is 0 Å². The second-order valence-corrected chi connectivity index (χ2v) is 13.7. The van der Waals surface area contributed by atoms with Crippen LogP contribution in [0.1, 0.15) is 11.1 Å². The molecule has 0 fully saturated rings. The molecule has 0 atom stereocenters. The van der Waals surface area contributed by atoms with E-state index in [-0.39, 0.29) is 0 Å². The number of rotatable bonds is 0. The molecule has 4 heteroatoms. The smallest absolute Gasteiger partial charge is 0.128 e. The molecule has 1 aliphatic rings. The number of hydrogen-bond donors (Lipinski definition) is 0. The van der Waals surface area contributed by atoms with E-state index < -0.39 is 0 Å². The van der Waals surface area contributed by atoms with Crippen molar-refractivity contribution in [2.75, 3.05) is 0 Å². The van der Waals surface area contributed by atoms with Crippen LogP contribution < -0.4 is 9.47 Å². The molecule has 1 heterocycles. The van der Waals surface area contributed by atoms with E-state index in [1.54, 1.807) is 0 Å². The fourth-order valence-corrected chi connectivity index (χ4v) is 7.85. The van der Waals surface area contributed by atoms with Crippen molar-refractivity contribution in [1.29, 1.82) is 0 Å². The van der Waals surface area contributed by atoms with Gasteiger partial charge in [0.25, 0.3) is 0 Å². The molecule has 0 aromatic heterocycles. The molecule has 0 N–H and O–H groups in total. The Morgan fingerprint density at radius 3 is 1.26 bits per heavy atom. The van der Waals surface area contributed by atoms with E-state index in [1.165, 1.54) is 32.7 Å². The van der Waals surface area contributed by atoms with Gasteiger partial charge in [0, 0.05) is 20.1 Å². The third-order valence-electron chi connectivity index (χ3n) is 9.18. The van der Waals surface area contributed by atoms with Crippen LogP contribution in [0.2, 0.25) is 0 Å². The molecule has 220 valence electrons. The zero-order valence-electron chi connectivity index (χ0n) is 24.7. The second kappa shape index (κ2) is 11.0. The summed E-state index contributed by atoms with van der Waals surface area (Å²) in [4.78, 5) is 0. The van der Waals surface area contributed by atoms with Crippen molar-refractivity contribution in [3.05, 3.63) is 154 Å². The van der Waals surface area contributed by atoms with Crippen LogP contribution in [-0.4, -0.2) is 0 Å². The van der Waals surface area contributed by atoms with Gasteiger partial charge in [-0.3, -0.25) is 0 Å². The molecule has 0 unspecified atom stereocenters. The molecule has 0 aliphatic carbocycles. The van der Waals surface area contributed by atoms with Crippen molar-refractivity contribution in [3.63, 3.8) is 0 Å². The summed E-state index contributed by atoms with van der Waals surface area (Å²) >= 11 is 7.37. The molecule has 8 aromatic rings. The van der Waals surface area contributed by atoms with Crippen LogP contribution in [-0.2, 0) is 13.2 Å². The molecule has 1 aliphatic heterocycles. The van der Waals surface area contributed by atoms with E-state index >= 15 is 0 Å². The summed E-state index contributed by atoms with van der Waals surface area (Å²) < 4.78 is 16.0. The quantitative estimate of drug-likeness (QED) is 0.155. The van der Waals surface area contributed by atoms with Crippen molar-refractivity contribution < 1.29 is 9.47 Å². The van der Waals surface area contributed by atoms with Crippen molar-refractivity contribution in [3.8, 4) is 33.8 Å². The summed E-state index contributed by atoms with van der Waals surface area (Å²) in [5.41, 5.74) is 6.75. The molecule has 0 amide bonds. The van der Waals surface area contributed by atoms with Crippen LogP contribution in [0.3, 0.4) is 0 Å². The third-order valence-corrected chi connectivity index (χ3v) is 10.2. The molecular formula is C42H26Br2O2. The first-order chi connectivity index (χ1) is 22.6. The molecular weight excluding hydrogens is 696 g/mol. The van der Waals surface area contributed by atoms with Crippen LogP contribution in [0.4, 0.5) is 0 Å². The molecule has 9 rings (SSSR count). The lowest BCUT2D eigenvalue weighted by atomic mass is 9.87. The maximum atomic E-state index is 6.95. The van der Waals surface area contributed by atoms with Gasteiger partial charge in [0.1, 0.15) is 24.7 Å². The lowest BCUT2D eigenvalue weighted by Gasteiger charge is -2.24. The van der Waals surface area contributed by atoms with E-state index in [4.69, 9.17) is 9.47 Å². The van der Waals surface area contributed by atoms with Gasteiger partial charge in [0.05, 0.1) is 0 Å². The van der Waals surface area contributed by atoms with E-state index in [9.17, 15) is 0 Å². The second-order valence-electron chi connectivity index (χ2n) is 11.8. The molecule has 0 saturated heterocycles. The van der Waals surface area contributed by atoms with E-state index in [1.807, 2.05) is 0 Å².